The molecule has 0 unspecified atom stereocenters. The molecule has 88 valence electrons. The largest absolute Gasteiger partial charge is 0.495 e. The molecule has 0 aliphatic rings. The molecule has 0 aliphatic carbocycles. The molecule has 1 amide bonds. The van der Waals surface area contributed by atoms with E-state index in [2.05, 4.69) is 5.32 Å². The topological polar surface area (TPSA) is 38.3 Å². The van der Waals surface area contributed by atoms with Crippen LogP contribution in [0.5, 0.6) is 5.75 Å². The number of alkyl halides is 1. The average Bonchev–Trinajstić information content (AvgIpc) is 2.31. The first-order valence-corrected chi connectivity index (χ1v) is 5.73. The summed E-state index contributed by atoms with van der Waals surface area (Å²) in [5.74, 6) is 0.467. The van der Waals surface area contributed by atoms with Crippen molar-refractivity contribution in [3.05, 3.63) is 28.8 Å². The smallest absolute Gasteiger partial charge is 0.234 e. The maximum absolute atomic E-state index is 10.9. The van der Waals surface area contributed by atoms with Crippen LogP contribution in [0, 0.1) is 0 Å². The fourth-order valence-corrected chi connectivity index (χ4v) is 1.54. The minimum Gasteiger partial charge on any atom is -0.495 e. The molecule has 0 saturated heterocycles. The lowest BCUT2D eigenvalue weighted by Gasteiger charge is -2.07. The lowest BCUT2D eigenvalue weighted by Crippen LogP contribution is -2.26. The van der Waals surface area contributed by atoms with Crippen molar-refractivity contribution in [3.8, 4) is 5.75 Å². The van der Waals surface area contributed by atoms with Gasteiger partial charge in [-0.2, -0.15) is 0 Å². The molecule has 0 aromatic heterocycles. The molecular weight excluding hydrogens is 249 g/mol. The maximum atomic E-state index is 10.9. The number of hydrogen-bond acceptors (Lipinski definition) is 2. The van der Waals surface area contributed by atoms with E-state index in [1.54, 1.807) is 13.2 Å². The van der Waals surface area contributed by atoms with Gasteiger partial charge in [0.2, 0.25) is 5.91 Å². The SMILES string of the molecule is COc1cc(CCNC(=O)CCl)ccc1Cl. The van der Waals surface area contributed by atoms with E-state index in [-0.39, 0.29) is 11.8 Å². The third-order valence-corrected chi connectivity index (χ3v) is 2.63. The lowest BCUT2D eigenvalue weighted by atomic mass is 10.1. The Balaban J connectivity index is 2.51. The highest BCUT2D eigenvalue weighted by Crippen LogP contribution is 2.24. The minimum absolute atomic E-state index is 0.00998. The number of halogens is 2. The van der Waals surface area contributed by atoms with Crippen molar-refractivity contribution in [3.63, 3.8) is 0 Å². The van der Waals surface area contributed by atoms with Gasteiger partial charge in [-0.25, -0.2) is 0 Å². The zero-order valence-electron chi connectivity index (χ0n) is 8.93. The van der Waals surface area contributed by atoms with Crippen LogP contribution in [0.1, 0.15) is 5.56 Å². The van der Waals surface area contributed by atoms with Gasteiger partial charge in [-0.15, -0.1) is 11.6 Å². The van der Waals surface area contributed by atoms with E-state index >= 15 is 0 Å². The average molecular weight is 262 g/mol. The van der Waals surface area contributed by atoms with Gasteiger partial charge in [0.1, 0.15) is 11.6 Å². The van der Waals surface area contributed by atoms with Crippen LogP contribution in [0.15, 0.2) is 18.2 Å². The summed E-state index contributed by atoms with van der Waals surface area (Å²) in [6, 6.07) is 5.53. The Morgan fingerprint density at radius 3 is 2.88 bits per heavy atom. The van der Waals surface area contributed by atoms with Crippen LogP contribution in [0.4, 0.5) is 0 Å². The van der Waals surface area contributed by atoms with Crippen molar-refractivity contribution in [2.45, 2.75) is 6.42 Å². The predicted octanol–water partition coefficient (Wildman–Crippen LogP) is 2.25. The first-order valence-electron chi connectivity index (χ1n) is 4.82. The van der Waals surface area contributed by atoms with Gasteiger partial charge < -0.3 is 10.1 Å². The Labute approximate surface area is 105 Å². The minimum atomic E-state index is -0.164. The lowest BCUT2D eigenvalue weighted by molar-refractivity contribution is -0.118. The van der Waals surface area contributed by atoms with Gasteiger partial charge in [-0.3, -0.25) is 4.79 Å². The number of amides is 1. The van der Waals surface area contributed by atoms with Crippen molar-refractivity contribution < 1.29 is 9.53 Å². The highest BCUT2D eigenvalue weighted by Gasteiger charge is 2.02. The molecule has 1 aromatic carbocycles. The van der Waals surface area contributed by atoms with E-state index in [0.717, 1.165) is 12.0 Å². The number of benzene rings is 1. The molecule has 0 heterocycles. The highest BCUT2D eigenvalue weighted by molar-refractivity contribution is 6.32. The van der Waals surface area contributed by atoms with E-state index in [0.29, 0.717) is 17.3 Å². The van der Waals surface area contributed by atoms with Crippen molar-refractivity contribution >= 4 is 29.1 Å². The second kappa shape index (κ2) is 6.61. The fraction of sp³-hybridized carbons (Fsp3) is 0.364. The summed E-state index contributed by atoms with van der Waals surface area (Å²) in [7, 11) is 1.57. The van der Waals surface area contributed by atoms with Crippen LogP contribution in [0.25, 0.3) is 0 Å². The number of hydrogen-bond donors (Lipinski definition) is 1. The third kappa shape index (κ3) is 3.91. The van der Waals surface area contributed by atoms with Crippen molar-refractivity contribution in [1.82, 2.24) is 5.32 Å². The summed E-state index contributed by atoms with van der Waals surface area (Å²) in [6.07, 6.45) is 0.718. The molecule has 3 nitrogen and oxygen atoms in total. The molecule has 1 N–H and O–H groups in total. The van der Waals surface area contributed by atoms with Gasteiger partial charge >= 0.3 is 0 Å². The summed E-state index contributed by atoms with van der Waals surface area (Å²) in [4.78, 5) is 10.9. The third-order valence-electron chi connectivity index (χ3n) is 2.07. The standard InChI is InChI=1S/C11H13Cl2NO2/c1-16-10-6-8(2-3-9(10)13)4-5-14-11(15)7-12/h2-3,6H,4-5,7H2,1H3,(H,14,15). The predicted molar refractivity (Wildman–Crippen MR) is 65.4 cm³/mol. The zero-order valence-corrected chi connectivity index (χ0v) is 10.4. The van der Waals surface area contributed by atoms with Gasteiger partial charge in [-0.1, -0.05) is 17.7 Å². The second-order valence-electron chi connectivity index (χ2n) is 3.20. The first kappa shape index (κ1) is 13.1. The maximum Gasteiger partial charge on any atom is 0.234 e. The van der Waals surface area contributed by atoms with E-state index < -0.39 is 0 Å². The first-order chi connectivity index (χ1) is 7.67. The van der Waals surface area contributed by atoms with Crippen LogP contribution < -0.4 is 10.1 Å². The molecule has 1 aromatic rings. The quantitative estimate of drug-likeness (QED) is 0.826. The summed E-state index contributed by atoms with van der Waals surface area (Å²) in [6.45, 7) is 0.552. The molecule has 0 radical (unpaired) electrons. The Hall–Kier alpha value is -0.930. The molecule has 16 heavy (non-hydrogen) atoms. The van der Waals surface area contributed by atoms with Crippen LogP contribution in [0.3, 0.4) is 0 Å². The van der Waals surface area contributed by atoms with Crippen molar-refractivity contribution in [2.75, 3.05) is 19.5 Å². The number of rotatable bonds is 5. The van der Waals surface area contributed by atoms with Crippen LogP contribution >= 0.6 is 23.2 Å². The van der Waals surface area contributed by atoms with Crippen LogP contribution in [0.2, 0.25) is 5.02 Å². The number of methoxy groups -OCH3 is 1. The molecule has 0 bridgehead atoms. The summed E-state index contributed by atoms with van der Waals surface area (Å²) in [5, 5.41) is 3.27. The Bertz CT molecular complexity index is 369. The Morgan fingerprint density at radius 1 is 1.50 bits per heavy atom. The number of ether oxygens (including phenoxy) is 1. The van der Waals surface area contributed by atoms with E-state index in [1.807, 2.05) is 12.1 Å². The van der Waals surface area contributed by atoms with Crippen LogP contribution in [-0.2, 0) is 11.2 Å². The number of carbonyl (C=O) groups is 1. The fourth-order valence-electron chi connectivity index (χ4n) is 1.25. The number of nitrogens with one attached hydrogen (secondary N) is 1. The summed E-state index contributed by atoms with van der Waals surface area (Å²) < 4.78 is 5.09. The molecule has 0 aliphatic heterocycles. The van der Waals surface area contributed by atoms with Crippen molar-refractivity contribution in [2.24, 2.45) is 0 Å². The van der Waals surface area contributed by atoms with Gasteiger partial charge in [-0.05, 0) is 24.1 Å². The Kier molecular flexibility index (Phi) is 5.43. The molecule has 0 atom stereocenters. The molecule has 5 heteroatoms. The molecule has 0 spiro atoms. The van der Waals surface area contributed by atoms with E-state index in [9.17, 15) is 4.79 Å². The van der Waals surface area contributed by atoms with E-state index in [1.165, 1.54) is 0 Å². The molecular formula is C11H13Cl2NO2. The van der Waals surface area contributed by atoms with Crippen LogP contribution in [-0.4, -0.2) is 25.4 Å². The second-order valence-corrected chi connectivity index (χ2v) is 3.88. The number of carbonyl (C=O) groups excluding carboxylic acids is 1. The molecule has 1 rings (SSSR count). The Morgan fingerprint density at radius 2 is 2.25 bits per heavy atom. The zero-order chi connectivity index (χ0) is 12.0. The van der Waals surface area contributed by atoms with E-state index in [4.69, 9.17) is 27.9 Å². The monoisotopic (exact) mass is 261 g/mol. The molecule has 0 saturated carbocycles. The summed E-state index contributed by atoms with van der Waals surface area (Å²) in [5.41, 5.74) is 1.05. The van der Waals surface area contributed by atoms with Gasteiger partial charge in [0.25, 0.3) is 0 Å². The summed E-state index contributed by atoms with van der Waals surface area (Å²) >= 11 is 11.2. The van der Waals surface area contributed by atoms with Gasteiger partial charge in [0.15, 0.2) is 0 Å². The normalized spacial score (nSPS) is 9.94. The van der Waals surface area contributed by atoms with Crippen molar-refractivity contribution in [1.29, 1.82) is 0 Å². The van der Waals surface area contributed by atoms with Gasteiger partial charge in [0, 0.05) is 6.54 Å². The molecule has 0 fully saturated rings. The van der Waals surface area contributed by atoms with Gasteiger partial charge in [0.05, 0.1) is 12.1 Å². The highest BCUT2D eigenvalue weighted by atomic mass is 35.5.